The molecular formula is C20H20N4O4S2. The quantitative estimate of drug-likeness (QED) is 0.605. The fourth-order valence-corrected chi connectivity index (χ4v) is 4.91. The number of carbonyl (C=O) groups excluding carboxylic acids is 1. The molecule has 0 radical (unpaired) electrons. The zero-order chi connectivity index (χ0) is 21.1. The van der Waals surface area contributed by atoms with E-state index in [0.717, 1.165) is 12.2 Å². The molecule has 8 nitrogen and oxygen atoms in total. The van der Waals surface area contributed by atoms with E-state index in [1.807, 2.05) is 19.1 Å². The summed E-state index contributed by atoms with van der Waals surface area (Å²) in [6, 6.07) is 9.83. The van der Waals surface area contributed by atoms with Crippen molar-refractivity contribution in [2.24, 2.45) is 4.99 Å². The molecule has 2 aromatic heterocycles. The number of nitrogens with zero attached hydrogens (tertiary/aromatic N) is 2. The fraction of sp³-hybridized carbons (Fsp3) is 0.250. The molecule has 1 aliphatic rings. The SMILES string of the molecule is Cc1ccc(-c2nc(CC(=O)Nc3cccc(S(=O)(=O)NC4=NCCC4)c3)cs2)o1. The van der Waals surface area contributed by atoms with Crippen LogP contribution < -0.4 is 10.0 Å². The number of aromatic nitrogens is 1. The molecule has 30 heavy (non-hydrogen) atoms. The Kier molecular flexibility index (Phi) is 5.69. The number of amides is 1. The Balaban J connectivity index is 1.41. The first-order valence-corrected chi connectivity index (χ1v) is 11.7. The Morgan fingerprint density at radius 1 is 1.27 bits per heavy atom. The maximum absolute atomic E-state index is 12.5. The molecule has 0 unspecified atom stereocenters. The molecule has 0 fully saturated rings. The van der Waals surface area contributed by atoms with E-state index in [2.05, 4.69) is 20.0 Å². The summed E-state index contributed by atoms with van der Waals surface area (Å²) >= 11 is 1.40. The molecular weight excluding hydrogens is 424 g/mol. The summed E-state index contributed by atoms with van der Waals surface area (Å²) in [4.78, 5) is 21.1. The van der Waals surface area contributed by atoms with Crippen LogP contribution in [0.2, 0.25) is 0 Å². The smallest absolute Gasteiger partial charge is 0.262 e. The highest BCUT2D eigenvalue weighted by atomic mass is 32.2. The van der Waals surface area contributed by atoms with Gasteiger partial charge in [0.25, 0.3) is 10.0 Å². The predicted molar refractivity (Wildman–Crippen MR) is 115 cm³/mol. The molecule has 0 aliphatic carbocycles. The van der Waals surface area contributed by atoms with Crippen molar-refractivity contribution in [3.63, 3.8) is 0 Å². The number of sulfonamides is 1. The third-order valence-corrected chi connectivity index (χ3v) is 6.68. The molecule has 0 spiro atoms. The fourth-order valence-electron chi connectivity index (χ4n) is 3.00. The van der Waals surface area contributed by atoms with Crippen molar-refractivity contribution in [2.45, 2.75) is 31.1 Å². The zero-order valence-corrected chi connectivity index (χ0v) is 17.8. The maximum atomic E-state index is 12.5. The lowest BCUT2D eigenvalue weighted by Crippen LogP contribution is -2.29. The minimum absolute atomic E-state index is 0.0685. The van der Waals surface area contributed by atoms with Crippen LogP contribution in [-0.4, -0.2) is 31.7 Å². The average molecular weight is 445 g/mol. The molecule has 1 aromatic carbocycles. The Hall–Kier alpha value is -2.98. The van der Waals surface area contributed by atoms with Crippen LogP contribution in [0.25, 0.3) is 10.8 Å². The van der Waals surface area contributed by atoms with Gasteiger partial charge in [-0.15, -0.1) is 11.3 Å². The molecule has 156 valence electrons. The molecule has 1 amide bonds. The van der Waals surface area contributed by atoms with Gasteiger partial charge in [0.1, 0.15) is 11.6 Å². The Morgan fingerprint density at radius 2 is 2.13 bits per heavy atom. The lowest BCUT2D eigenvalue weighted by Gasteiger charge is -2.10. The number of rotatable bonds is 6. The lowest BCUT2D eigenvalue weighted by molar-refractivity contribution is -0.115. The first-order chi connectivity index (χ1) is 14.4. The number of anilines is 1. The monoisotopic (exact) mass is 444 g/mol. The second-order valence-electron chi connectivity index (χ2n) is 6.84. The van der Waals surface area contributed by atoms with E-state index in [9.17, 15) is 13.2 Å². The molecule has 1 aliphatic heterocycles. The van der Waals surface area contributed by atoms with Crippen molar-refractivity contribution in [1.29, 1.82) is 0 Å². The van der Waals surface area contributed by atoms with Gasteiger partial charge >= 0.3 is 0 Å². The molecule has 0 bridgehead atoms. The Labute approximate surface area is 178 Å². The van der Waals surface area contributed by atoms with Gasteiger partial charge in [-0.05, 0) is 43.7 Å². The number of furan rings is 1. The van der Waals surface area contributed by atoms with Crippen LogP contribution in [-0.2, 0) is 21.2 Å². The van der Waals surface area contributed by atoms with Crippen LogP contribution in [0.5, 0.6) is 0 Å². The highest BCUT2D eigenvalue weighted by molar-refractivity contribution is 7.90. The van der Waals surface area contributed by atoms with Gasteiger partial charge in [-0.2, -0.15) is 0 Å². The van der Waals surface area contributed by atoms with Crippen LogP contribution in [0.15, 0.2) is 56.1 Å². The molecule has 3 aromatic rings. The zero-order valence-electron chi connectivity index (χ0n) is 16.2. The van der Waals surface area contributed by atoms with Crippen LogP contribution >= 0.6 is 11.3 Å². The van der Waals surface area contributed by atoms with E-state index in [-0.39, 0.29) is 17.2 Å². The van der Waals surface area contributed by atoms with Crippen LogP contribution in [0.4, 0.5) is 5.69 Å². The van der Waals surface area contributed by atoms with E-state index in [1.165, 1.54) is 23.5 Å². The standard InChI is InChI=1S/C20H20N4O4S2/c1-13-7-8-17(28-13)20-23-15(12-29-20)11-19(25)22-14-4-2-5-16(10-14)30(26,27)24-18-6-3-9-21-18/h2,4-5,7-8,10,12H,3,6,9,11H2,1H3,(H,21,24)(H,22,25). The molecule has 4 rings (SSSR count). The number of hydrogen-bond donors (Lipinski definition) is 2. The third-order valence-electron chi connectivity index (χ3n) is 4.40. The molecule has 2 N–H and O–H groups in total. The van der Waals surface area contributed by atoms with Gasteiger partial charge in [0.15, 0.2) is 10.8 Å². The molecule has 0 saturated heterocycles. The second kappa shape index (κ2) is 8.41. The number of benzene rings is 1. The second-order valence-corrected chi connectivity index (χ2v) is 9.39. The summed E-state index contributed by atoms with van der Waals surface area (Å²) in [5, 5.41) is 5.24. The molecule has 3 heterocycles. The highest BCUT2D eigenvalue weighted by Crippen LogP contribution is 2.26. The van der Waals surface area contributed by atoms with Crippen molar-refractivity contribution >= 4 is 38.8 Å². The van der Waals surface area contributed by atoms with Crippen LogP contribution in [0, 0.1) is 6.92 Å². The lowest BCUT2D eigenvalue weighted by atomic mass is 10.3. The van der Waals surface area contributed by atoms with Gasteiger partial charge in [-0.25, -0.2) is 13.4 Å². The molecule has 0 saturated carbocycles. The van der Waals surface area contributed by atoms with Crippen molar-refractivity contribution in [1.82, 2.24) is 9.71 Å². The maximum Gasteiger partial charge on any atom is 0.262 e. The number of aliphatic imine (C=N–C) groups is 1. The summed E-state index contributed by atoms with van der Waals surface area (Å²) in [5.41, 5.74) is 1.01. The third kappa shape index (κ3) is 4.77. The Morgan fingerprint density at radius 3 is 2.87 bits per heavy atom. The minimum Gasteiger partial charge on any atom is -0.459 e. The van der Waals surface area contributed by atoms with Crippen LogP contribution in [0.3, 0.4) is 0 Å². The van der Waals surface area contributed by atoms with Gasteiger partial charge in [0.2, 0.25) is 5.91 Å². The van der Waals surface area contributed by atoms with Crippen LogP contribution in [0.1, 0.15) is 24.3 Å². The van der Waals surface area contributed by atoms with Crippen molar-refractivity contribution < 1.29 is 17.6 Å². The average Bonchev–Trinajstić information content (AvgIpc) is 3.44. The van der Waals surface area contributed by atoms with Crippen molar-refractivity contribution in [3.8, 4) is 10.8 Å². The predicted octanol–water partition coefficient (Wildman–Crippen LogP) is 3.36. The number of carbonyl (C=O) groups is 1. The minimum atomic E-state index is -3.74. The van der Waals surface area contributed by atoms with E-state index < -0.39 is 10.0 Å². The number of amidine groups is 1. The van der Waals surface area contributed by atoms with E-state index in [1.54, 1.807) is 17.5 Å². The number of thiazole rings is 1. The van der Waals surface area contributed by atoms with Gasteiger partial charge < -0.3 is 9.73 Å². The molecule has 10 heteroatoms. The van der Waals surface area contributed by atoms with Gasteiger partial charge in [0.05, 0.1) is 17.0 Å². The first-order valence-electron chi connectivity index (χ1n) is 9.36. The largest absolute Gasteiger partial charge is 0.459 e. The van der Waals surface area contributed by atoms with Crippen molar-refractivity contribution in [2.75, 3.05) is 11.9 Å². The summed E-state index contributed by atoms with van der Waals surface area (Å²) in [5.74, 6) is 1.64. The number of nitrogens with one attached hydrogen (secondary N) is 2. The van der Waals surface area contributed by atoms with E-state index in [4.69, 9.17) is 4.42 Å². The van der Waals surface area contributed by atoms with Gasteiger partial charge in [0, 0.05) is 24.0 Å². The first kappa shape index (κ1) is 20.3. The summed E-state index contributed by atoms with van der Waals surface area (Å²) in [6.45, 7) is 2.49. The summed E-state index contributed by atoms with van der Waals surface area (Å²) in [7, 11) is -3.74. The van der Waals surface area contributed by atoms with Gasteiger partial charge in [-0.1, -0.05) is 6.07 Å². The highest BCUT2D eigenvalue weighted by Gasteiger charge is 2.19. The van der Waals surface area contributed by atoms with E-state index >= 15 is 0 Å². The number of aryl methyl sites for hydroxylation is 1. The summed E-state index contributed by atoms with van der Waals surface area (Å²) in [6.07, 6.45) is 1.52. The topological polar surface area (TPSA) is 114 Å². The molecule has 0 atom stereocenters. The van der Waals surface area contributed by atoms with Gasteiger partial charge in [-0.3, -0.25) is 14.5 Å². The summed E-state index contributed by atoms with van der Waals surface area (Å²) < 4.78 is 33.1. The van der Waals surface area contributed by atoms with E-state index in [0.29, 0.717) is 41.0 Å². The Bertz CT molecular complexity index is 1210. The van der Waals surface area contributed by atoms with Crippen molar-refractivity contribution in [3.05, 3.63) is 53.2 Å². The number of hydrogen-bond acceptors (Lipinski definition) is 7. The normalized spacial score (nSPS) is 13.8.